The number of aromatic nitrogens is 3. The summed E-state index contributed by atoms with van der Waals surface area (Å²) in [7, 11) is 1.86. The van der Waals surface area contributed by atoms with Gasteiger partial charge in [-0.3, -0.25) is 4.68 Å². The summed E-state index contributed by atoms with van der Waals surface area (Å²) in [5.41, 5.74) is 2.45. The molecule has 3 heterocycles. The second-order valence-electron chi connectivity index (χ2n) is 4.46. The molecule has 0 saturated heterocycles. The van der Waals surface area contributed by atoms with E-state index < -0.39 is 0 Å². The lowest BCUT2D eigenvalue weighted by Gasteiger charge is -2.00. The summed E-state index contributed by atoms with van der Waals surface area (Å²) in [6.45, 7) is 0.329. The van der Waals surface area contributed by atoms with Crippen molar-refractivity contribution in [1.29, 1.82) is 0 Å². The van der Waals surface area contributed by atoms with Crippen LogP contribution in [0.1, 0.15) is 16.1 Å². The predicted molar refractivity (Wildman–Crippen MR) is 82.6 cm³/mol. The molecule has 0 N–H and O–H groups in total. The summed E-state index contributed by atoms with van der Waals surface area (Å²) >= 11 is 3.06. The van der Waals surface area contributed by atoms with Gasteiger partial charge in [0.2, 0.25) is 0 Å². The van der Waals surface area contributed by atoms with E-state index in [4.69, 9.17) is 4.74 Å². The summed E-state index contributed by atoms with van der Waals surface area (Å²) in [6, 6.07) is 1.99. The van der Waals surface area contributed by atoms with Crippen molar-refractivity contribution in [3.63, 3.8) is 0 Å². The molecular weight excluding hydrogens is 306 g/mol. The van der Waals surface area contributed by atoms with Crippen molar-refractivity contribution in [2.75, 3.05) is 6.61 Å². The zero-order valence-electron chi connectivity index (χ0n) is 11.4. The van der Waals surface area contributed by atoms with Gasteiger partial charge in [0.25, 0.3) is 0 Å². The van der Waals surface area contributed by atoms with Crippen LogP contribution >= 0.6 is 22.7 Å². The molecule has 0 saturated carbocycles. The molecule has 0 aliphatic carbocycles. The maximum atomic E-state index is 11.9. The Labute approximate surface area is 129 Å². The molecular formula is C14H13N3O2S2. The van der Waals surface area contributed by atoms with Crippen LogP contribution in [0.4, 0.5) is 0 Å². The van der Waals surface area contributed by atoms with Crippen LogP contribution in [0.15, 0.2) is 34.6 Å². The molecule has 0 atom stereocenters. The molecule has 3 aromatic rings. The number of hydrogen-bond acceptors (Lipinski definition) is 6. The van der Waals surface area contributed by atoms with Gasteiger partial charge in [-0.1, -0.05) is 0 Å². The van der Waals surface area contributed by atoms with E-state index in [1.54, 1.807) is 27.6 Å². The van der Waals surface area contributed by atoms with Crippen molar-refractivity contribution >= 4 is 28.6 Å². The van der Waals surface area contributed by atoms with Crippen LogP contribution in [0.3, 0.4) is 0 Å². The third-order valence-corrected chi connectivity index (χ3v) is 4.44. The Morgan fingerprint density at radius 2 is 2.33 bits per heavy atom. The van der Waals surface area contributed by atoms with Crippen LogP contribution in [0.2, 0.25) is 0 Å². The van der Waals surface area contributed by atoms with Gasteiger partial charge in [0.1, 0.15) is 5.01 Å². The van der Waals surface area contributed by atoms with Gasteiger partial charge in [0.15, 0.2) is 5.69 Å². The van der Waals surface area contributed by atoms with Gasteiger partial charge in [-0.15, -0.1) is 11.3 Å². The first kappa shape index (κ1) is 14.0. The molecule has 0 spiro atoms. The van der Waals surface area contributed by atoms with Gasteiger partial charge in [-0.25, -0.2) is 9.78 Å². The fraction of sp³-hybridized carbons (Fsp3) is 0.214. The van der Waals surface area contributed by atoms with E-state index in [0.717, 1.165) is 16.1 Å². The molecule has 0 amide bonds. The number of carbonyl (C=O) groups excluding carboxylic acids is 1. The largest absolute Gasteiger partial charge is 0.461 e. The number of nitrogens with zero attached hydrogens (tertiary/aromatic N) is 3. The molecule has 0 bridgehead atoms. The van der Waals surface area contributed by atoms with Crippen LogP contribution < -0.4 is 0 Å². The van der Waals surface area contributed by atoms with Crippen molar-refractivity contribution in [2.24, 2.45) is 7.05 Å². The van der Waals surface area contributed by atoms with Crippen molar-refractivity contribution in [1.82, 2.24) is 14.8 Å². The minimum atomic E-state index is -0.378. The highest BCUT2D eigenvalue weighted by molar-refractivity contribution is 7.14. The number of thiophene rings is 1. The number of thiazole rings is 1. The molecule has 0 radical (unpaired) electrons. The second kappa shape index (κ2) is 6.19. The van der Waals surface area contributed by atoms with Crippen LogP contribution in [0.5, 0.6) is 0 Å². The van der Waals surface area contributed by atoms with Gasteiger partial charge in [-0.2, -0.15) is 16.4 Å². The first-order valence-electron chi connectivity index (χ1n) is 6.35. The SMILES string of the molecule is Cn1cc(CCOC(=O)c2csc(-c3ccsc3)n2)cn1. The summed E-state index contributed by atoms with van der Waals surface area (Å²) in [5.74, 6) is -0.378. The first-order valence-corrected chi connectivity index (χ1v) is 8.17. The Kier molecular flexibility index (Phi) is 4.12. The van der Waals surface area contributed by atoms with E-state index in [2.05, 4.69) is 10.1 Å². The molecule has 21 heavy (non-hydrogen) atoms. The lowest BCUT2D eigenvalue weighted by Crippen LogP contribution is -2.08. The van der Waals surface area contributed by atoms with Crippen molar-refractivity contribution in [3.8, 4) is 10.6 Å². The Bertz CT molecular complexity index is 731. The van der Waals surface area contributed by atoms with E-state index in [9.17, 15) is 4.79 Å². The molecule has 108 valence electrons. The van der Waals surface area contributed by atoms with Gasteiger partial charge < -0.3 is 4.74 Å². The molecule has 7 heteroatoms. The van der Waals surface area contributed by atoms with Crippen LogP contribution in [-0.4, -0.2) is 27.3 Å². The maximum absolute atomic E-state index is 11.9. The average Bonchev–Trinajstić information content (AvgIpc) is 3.19. The fourth-order valence-corrected chi connectivity index (χ4v) is 3.32. The van der Waals surface area contributed by atoms with Gasteiger partial charge in [0, 0.05) is 36.0 Å². The Hall–Kier alpha value is -1.99. The van der Waals surface area contributed by atoms with Crippen molar-refractivity contribution < 1.29 is 9.53 Å². The predicted octanol–water partition coefficient (Wildman–Crippen LogP) is 3.00. The highest BCUT2D eigenvalue weighted by atomic mass is 32.1. The third-order valence-electron chi connectivity index (χ3n) is 2.86. The first-order chi connectivity index (χ1) is 10.2. The Morgan fingerprint density at radius 1 is 1.43 bits per heavy atom. The number of aryl methyl sites for hydroxylation is 1. The van der Waals surface area contributed by atoms with Crippen molar-refractivity contribution in [3.05, 3.63) is 45.9 Å². The summed E-state index contributed by atoms with van der Waals surface area (Å²) < 4.78 is 6.97. The van der Waals surface area contributed by atoms with E-state index in [1.165, 1.54) is 11.3 Å². The minimum absolute atomic E-state index is 0.329. The highest BCUT2D eigenvalue weighted by Crippen LogP contribution is 2.25. The average molecular weight is 319 g/mol. The summed E-state index contributed by atoms with van der Waals surface area (Å²) in [4.78, 5) is 16.2. The minimum Gasteiger partial charge on any atom is -0.461 e. The van der Waals surface area contributed by atoms with Crippen LogP contribution in [0, 0.1) is 0 Å². The third kappa shape index (κ3) is 3.37. The Balaban J connectivity index is 1.56. The van der Waals surface area contributed by atoms with Gasteiger partial charge in [-0.05, 0) is 17.0 Å². The number of hydrogen-bond donors (Lipinski definition) is 0. The fourth-order valence-electron chi connectivity index (χ4n) is 1.82. The molecule has 3 aromatic heterocycles. The van der Waals surface area contributed by atoms with Gasteiger partial charge in [0.05, 0.1) is 12.8 Å². The lowest BCUT2D eigenvalue weighted by atomic mass is 10.3. The van der Waals surface area contributed by atoms with Crippen LogP contribution in [-0.2, 0) is 18.2 Å². The Morgan fingerprint density at radius 3 is 3.05 bits per heavy atom. The van der Waals surface area contributed by atoms with Gasteiger partial charge >= 0.3 is 5.97 Å². The quantitative estimate of drug-likeness (QED) is 0.678. The summed E-state index contributed by atoms with van der Waals surface area (Å²) in [5, 5.41) is 10.6. The number of ether oxygens (including phenoxy) is 1. The zero-order valence-corrected chi connectivity index (χ0v) is 13.0. The molecule has 0 unspecified atom stereocenters. The van der Waals surface area contributed by atoms with E-state index in [1.807, 2.05) is 30.1 Å². The second-order valence-corrected chi connectivity index (χ2v) is 6.10. The molecule has 5 nitrogen and oxygen atoms in total. The van der Waals surface area contributed by atoms with E-state index >= 15 is 0 Å². The molecule has 0 aliphatic heterocycles. The number of esters is 1. The lowest BCUT2D eigenvalue weighted by molar-refractivity contribution is 0.0503. The monoisotopic (exact) mass is 319 g/mol. The van der Waals surface area contributed by atoms with E-state index in [-0.39, 0.29) is 5.97 Å². The smallest absolute Gasteiger partial charge is 0.357 e. The molecule has 3 rings (SSSR count). The highest BCUT2D eigenvalue weighted by Gasteiger charge is 2.13. The van der Waals surface area contributed by atoms with Crippen molar-refractivity contribution in [2.45, 2.75) is 6.42 Å². The normalized spacial score (nSPS) is 10.7. The molecule has 0 fully saturated rings. The maximum Gasteiger partial charge on any atom is 0.357 e. The number of rotatable bonds is 5. The topological polar surface area (TPSA) is 57.0 Å². The number of carbonyl (C=O) groups is 1. The molecule has 0 aromatic carbocycles. The zero-order chi connectivity index (χ0) is 14.7. The summed E-state index contributed by atoms with van der Waals surface area (Å²) in [6.07, 6.45) is 4.33. The molecule has 0 aliphatic rings. The standard InChI is InChI=1S/C14H13N3O2S2/c1-17-7-10(6-15-17)2-4-19-14(18)12-9-21-13(16-12)11-3-5-20-8-11/h3,5-9H,2,4H2,1H3. The van der Waals surface area contributed by atoms with Crippen LogP contribution in [0.25, 0.3) is 10.6 Å². The van der Waals surface area contributed by atoms with E-state index in [0.29, 0.717) is 18.7 Å².